The number of aromatic nitrogens is 2. The summed E-state index contributed by atoms with van der Waals surface area (Å²) in [6.07, 6.45) is 1.72. The Labute approximate surface area is 152 Å². The van der Waals surface area contributed by atoms with Gasteiger partial charge in [0.2, 0.25) is 0 Å². The standard InChI is InChI=1S/C20H21N3OS/c1-13(2)15-7-9-16(10-8-15)20-23-18(12-25-20)19(24)22-14(3)17-6-4-5-11-21-17/h4-14H,1-3H3,(H,22,24)/t14-/m0/s1. The highest BCUT2D eigenvalue weighted by Crippen LogP contribution is 2.26. The molecule has 0 fully saturated rings. The van der Waals surface area contributed by atoms with Crippen LogP contribution in [0.3, 0.4) is 0 Å². The minimum absolute atomic E-state index is 0.163. The minimum atomic E-state index is -0.181. The summed E-state index contributed by atoms with van der Waals surface area (Å²) in [6, 6.07) is 13.9. The molecule has 2 heterocycles. The molecule has 0 aliphatic rings. The number of amides is 1. The molecular formula is C20H21N3OS. The summed E-state index contributed by atoms with van der Waals surface area (Å²) in [7, 11) is 0. The Balaban J connectivity index is 1.71. The predicted octanol–water partition coefficient (Wildman–Crippen LogP) is 4.82. The van der Waals surface area contributed by atoms with Crippen LogP contribution in [0.15, 0.2) is 54.0 Å². The lowest BCUT2D eigenvalue weighted by Gasteiger charge is -2.11. The van der Waals surface area contributed by atoms with Crippen molar-refractivity contribution in [1.29, 1.82) is 0 Å². The summed E-state index contributed by atoms with van der Waals surface area (Å²) in [5.41, 5.74) is 3.60. The van der Waals surface area contributed by atoms with Crippen molar-refractivity contribution in [2.45, 2.75) is 32.7 Å². The number of carbonyl (C=O) groups is 1. The highest BCUT2D eigenvalue weighted by atomic mass is 32.1. The fourth-order valence-electron chi connectivity index (χ4n) is 2.50. The average Bonchev–Trinajstić information content (AvgIpc) is 3.13. The van der Waals surface area contributed by atoms with Gasteiger partial charge in [0, 0.05) is 17.1 Å². The number of hydrogen-bond acceptors (Lipinski definition) is 4. The van der Waals surface area contributed by atoms with Crippen LogP contribution in [0.5, 0.6) is 0 Å². The summed E-state index contributed by atoms with van der Waals surface area (Å²) in [6.45, 7) is 6.26. The Morgan fingerprint density at radius 3 is 2.48 bits per heavy atom. The van der Waals surface area contributed by atoms with Crippen LogP contribution in [-0.4, -0.2) is 15.9 Å². The van der Waals surface area contributed by atoms with Crippen molar-refractivity contribution in [3.63, 3.8) is 0 Å². The first-order chi connectivity index (χ1) is 12.0. The van der Waals surface area contributed by atoms with Crippen LogP contribution < -0.4 is 5.32 Å². The van der Waals surface area contributed by atoms with Crippen LogP contribution in [0.25, 0.3) is 10.6 Å². The molecule has 0 saturated carbocycles. The molecule has 25 heavy (non-hydrogen) atoms. The molecule has 0 spiro atoms. The molecule has 3 aromatic rings. The second-order valence-corrected chi connectivity index (χ2v) is 7.12. The molecule has 0 unspecified atom stereocenters. The van der Waals surface area contributed by atoms with Crippen LogP contribution in [0.2, 0.25) is 0 Å². The molecule has 0 aliphatic heterocycles. The third kappa shape index (κ3) is 4.12. The molecular weight excluding hydrogens is 330 g/mol. The van der Waals surface area contributed by atoms with E-state index in [4.69, 9.17) is 0 Å². The molecule has 1 amide bonds. The van der Waals surface area contributed by atoms with Crippen molar-refractivity contribution in [3.05, 3.63) is 71.0 Å². The van der Waals surface area contributed by atoms with E-state index >= 15 is 0 Å². The zero-order valence-corrected chi connectivity index (χ0v) is 15.4. The Hall–Kier alpha value is -2.53. The van der Waals surface area contributed by atoms with E-state index in [0.29, 0.717) is 11.6 Å². The first-order valence-corrected chi connectivity index (χ1v) is 9.20. The van der Waals surface area contributed by atoms with Crippen molar-refractivity contribution in [1.82, 2.24) is 15.3 Å². The summed E-state index contributed by atoms with van der Waals surface area (Å²) >= 11 is 1.48. The lowest BCUT2D eigenvalue weighted by atomic mass is 10.0. The van der Waals surface area contributed by atoms with E-state index in [2.05, 4.69) is 53.4 Å². The predicted molar refractivity (Wildman–Crippen MR) is 102 cm³/mol. The summed E-state index contributed by atoms with van der Waals surface area (Å²) in [5, 5.41) is 5.59. The minimum Gasteiger partial charge on any atom is -0.343 e. The first-order valence-electron chi connectivity index (χ1n) is 8.32. The third-order valence-electron chi connectivity index (χ3n) is 4.04. The maximum atomic E-state index is 12.4. The van der Waals surface area contributed by atoms with Crippen molar-refractivity contribution >= 4 is 17.2 Å². The number of hydrogen-bond donors (Lipinski definition) is 1. The number of nitrogens with zero attached hydrogens (tertiary/aromatic N) is 2. The number of pyridine rings is 1. The highest BCUT2D eigenvalue weighted by molar-refractivity contribution is 7.13. The van der Waals surface area contributed by atoms with Gasteiger partial charge in [-0.15, -0.1) is 11.3 Å². The van der Waals surface area contributed by atoms with Gasteiger partial charge in [-0.3, -0.25) is 9.78 Å². The lowest BCUT2D eigenvalue weighted by molar-refractivity contribution is 0.0935. The first kappa shape index (κ1) is 17.3. The van der Waals surface area contributed by atoms with Gasteiger partial charge in [-0.05, 0) is 30.5 Å². The van der Waals surface area contributed by atoms with Gasteiger partial charge in [-0.2, -0.15) is 0 Å². The average molecular weight is 351 g/mol. The van der Waals surface area contributed by atoms with Crippen LogP contribution >= 0.6 is 11.3 Å². The van der Waals surface area contributed by atoms with Crippen molar-refractivity contribution < 1.29 is 4.79 Å². The normalized spacial score (nSPS) is 12.2. The van der Waals surface area contributed by atoms with Gasteiger partial charge in [0.1, 0.15) is 10.7 Å². The topological polar surface area (TPSA) is 54.9 Å². The third-order valence-corrected chi connectivity index (χ3v) is 4.93. The molecule has 0 aliphatic carbocycles. The van der Waals surface area contributed by atoms with E-state index in [-0.39, 0.29) is 11.9 Å². The molecule has 2 aromatic heterocycles. The Morgan fingerprint density at radius 1 is 1.08 bits per heavy atom. The second kappa shape index (κ2) is 7.57. The van der Waals surface area contributed by atoms with Crippen LogP contribution in [-0.2, 0) is 0 Å². The Morgan fingerprint density at radius 2 is 1.84 bits per heavy atom. The monoisotopic (exact) mass is 351 g/mol. The Kier molecular flexibility index (Phi) is 5.24. The van der Waals surface area contributed by atoms with Gasteiger partial charge in [0.25, 0.3) is 5.91 Å². The molecule has 0 radical (unpaired) electrons. The van der Waals surface area contributed by atoms with Crippen molar-refractivity contribution in [2.75, 3.05) is 0 Å². The maximum absolute atomic E-state index is 12.4. The maximum Gasteiger partial charge on any atom is 0.271 e. The second-order valence-electron chi connectivity index (χ2n) is 6.26. The van der Waals surface area contributed by atoms with Crippen molar-refractivity contribution in [3.8, 4) is 10.6 Å². The summed E-state index contributed by atoms with van der Waals surface area (Å²) in [5.74, 6) is 0.319. The molecule has 3 rings (SSSR count). The molecule has 1 aromatic carbocycles. The van der Waals surface area contributed by atoms with Crippen molar-refractivity contribution in [2.24, 2.45) is 0 Å². The SMILES string of the molecule is CC(C)c1ccc(-c2nc(C(=O)N[C@@H](C)c3ccccn3)cs2)cc1. The van der Waals surface area contributed by atoms with Crippen LogP contribution in [0.4, 0.5) is 0 Å². The van der Waals surface area contributed by atoms with Gasteiger partial charge in [-0.25, -0.2) is 4.98 Å². The van der Waals surface area contributed by atoms with E-state index < -0.39 is 0 Å². The smallest absolute Gasteiger partial charge is 0.271 e. The molecule has 0 bridgehead atoms. The van der Waals surface area contributed by atoms with E-state index in [1.165, 1.54) is 16.9 Å². The number of nitrogens with one attached hydrogen (secondary N) is 1. The van der Waals surface area contributed by atoms with E-state index in [1.807, 2.05) is 25.1 Å². The zero-order chi connectivity index (χ0) is 17.8. The fraction of sp³-hybridized carbons (Fsp3) is 0.250. The molecule has 0 saturated heterocycles. The Bertz CT molecular complexity index is 841. The molecule has 1 N–H and O–H groups in total. The van der Waals surface area contributed by atoms with Gasteiger partial charge in [-0.1, -0.05) is 44.2 Å². The summed E-state index contributed by atoms with van der Waals surface area (Å²) in [4.78, 5) is 21.2. The number of benzene rings is 1. The lowest BCUT2D eigenvalue weighted by Crippen LogP contribution is -2.27. The summed E-state index contributed by atoms with van der Waals surface area (Å²) < 4.78 is 0. The van der Waals surface area contributed by atoms with Crippen LogP contribution in [0, 0.1) is 0 Å². The van der Waals surface area contributed by atoms with Gasteiger partial charge in [0.05, 0.1) is 11.7 Å². The van der Waals surface area contributed by atoms with Gasteiger partial charge < -0.3 is 5.32 Å². The largest absolute Gasteiger partial charge is 0.343 e. The number of rotatable bonds is 5. The fourth-order valence-corrected chi connectivity index (χ4v) is 3.30. The van der Waals surface area contributed by atoms with E-state index in [9.17, 15) is 4.79 Å². The quantitative estimate of drug-likeness (QED) is 0.717. The molecule has 128 valence electrons. The zero-order valence-electron chi connectivity index (χ0n) is 14.6. The van der Waals surface area contributed by atoms with Crippen LogP contribution in [0.1, 0.15) is 54.5 Å². The molecule has 1 atom stereocenters. The number of thiazole rings is 1. The highest BCUT2D eigenvalue weighted by Gasteiger charge is 2.15. The van der Waals surface area contributed by atoms with Gasteiger partial charge >= 0.3 is 0 Å². The number of carbonyl (C=O) groups excluding carboxylic acids is 1. The van der Waals surface area contributed by atoms with E-state index in [1.54, 1.807) is 11.6 Å². The molecule has 4 nitrogen and oxygen atoms in total. The van der Waals surface area contributed by atoms with Gasteiger partial charge in [0.15, 0.2) is 0 Å². The van der Waals surface area contributed by atoms with E-state index in [0.717, 1.165) is 16.3 Å². The molecule has 5 heteroatoms.